The summed E-state index contributed by atoms with van der Waals surface area (Å²) in [5.41, 5.74) is 2.77. The van der Waals surface area contributed by atoms with Crippen molar-refractivity contribution in [2.45, 2.75) is 39.3 Å². The molecule has 1 unspecified atom stereocenters. The van der Waals surface area contributed by atoms with Crippen LogP contribution in [0.25, 0.3) is 0 Å². The number of hydrogen-bond acceptors (Lipinski definition) is 5. The SMILES string of the molecule is CCOCCN1CCN(C(=O)c2n[nH]c3c2CNCC3)CC1CC. The highest BCUT2D eigenvalue weighted by Crippen LogP contribution is 2.20. The van der Waals surface area contributed by atoms with Gasteiger partial charge in [-0.25, -0.2) is 0 Å². The molecule has 1 saturated heterocycles. The molecule has 0 radical (unpaired) electrons. The number of amides is 1. The van der Waals surface area contributed by atoms with Crippen molar-refractivity contribution in [3.05, 3.63) is 17.0 Å². The fourth-order valence-electron chi connectivity index (χ4n) is 3.64. The fraction of sp³-hybridized carbons (Fsp3) is 0.765. The van der Waals surface area contributed by atoms with Crippen molar-refractivity contribution < 1.29 is 9.53 Å². The molecule has 1 aromatic rings. The summed E-state index contributed by atoms with van der Waals surface area (Å²) in [5.74, 6) is 0.0686. The maximum Gasteiger partial charge on any atom is 0.274 e. The van der Waals surface area contributed by atoms with Crippen LogP contribution >= 0.6 is 0 Å². The van der Waals surface area contributed by atoms with Gasteiger partial charge in [0.15, 0.2) is 5.69 Å². The number of nitrogens with zero attached hydrogens (tertiary/aromatic N) is 3. The normalized spacial score (nSPS) is 21.8. The van der Waals surface area contributed by atoms with Gasteiger partial charge in [-0.1, -0.05) is 6.92 Å². The van der Waals surface area contributed by atoms with E-state index >= 15 is 0 Å². The number of carbonyl (C=O) groups is 1. The van der Waals surface area contributed by atoms with E-state index in [1.807, 2.05) is 11.8 Å². The van der Waals surface area contributed by atoms with Gasteiger partial charge in [-0.2, -0.15) is 5.10 Å². The van der Waals surface area contributed by atoms with Crippen molar-refractivity contribution in [2.24, 2.45) is 0 Å². The number of rotatable bonds is 6. The molecule has 134 valence electrons. The molecule has 7 heteroatoms. The number of nitrogens with one attached hydrogen (secondary N) is 2. The lowest BCUT2D eigenvalue weighted by molar-refractivity contribution is 0.0336. The Labute approximate surface area is 143 Å². The first-order valence-electron chi connectivity index (χ1n) is 9.12. The third kappa shape index (κ3) is 3.63. The zero-order chi connectivity index (χ0) is 16.9. The zero-order valence-electron chi connectivity index (χ0n) is 14.8. The molecular weight excluding hydrogens is 306 g/mol. The maximum atomic E-state index is 12.9. The number of H-pyrrole nitrogens is 1. The van der Waals surface area contributed by atoms with Crippen molar-refractivity contribution in [1.82, 2.24) is 25.3 Å². The van der Waals surface area contributed by atoms with Crippen LogP contribution in [0.2, 0.25) is 0 Å². The lowest BCUT2D eigenvalue weighted by atomic mass is 10.0. The molecule has 1 amide bonds. The number of aromatic amines is 1. The highest BCUT2D eigenvalue weighted by molar-refractivity contribution is 5.94. The summed E-state index contributed by atoms with van der Waals surface area (Å²) in [5, 5.41) is 10.7. The summed E-state index contributed by atoms with van der Waals surface area (Å²) in [6, 6.07) is 0.399. The van der Waals surface area contributed by atoms with Crippen LogP contribution in [-0.2, 0) is 17.7 Å². The Bertz CT molecular complexity index is 559. The van der Waals surface area contributed by atoms with Gasteiger partial charge in [-0.3, -0.25) is 14.8 Å². The van der Waals surface area contributed by atoms with Gasteiger partial charge in [0.2, 0.25) is 0 Å². The van der Waals surface area contributed by atoms with E-state index in [9.17, 15) is 4.79 Å². The molecule has 1 fully saturated rings. The number of fused-ring (bicyclic) bond motifs is 1. The molecule has 7 nitrogen and oxygen atoms in total. The van der Waals surface area contributed by atoms with Gasteiger partial charge >= 0.3 is 0 Å². The van der Waals surface area contributed by atoms with E-state index in [0.29, 0.717) is 11.7 Å². The largest absolute Gasteiger partial charge is 0.380 e. The molecule has 0 saturated carbocycles. The molecule has 0 spiro atoms. The van der Waals surface area contributed by atoms with Crippen molar-refractivity contribution in [3.63, 3.8) is 0 Å². The Morgan fingerprint density at radius 3 is 3.04 bits per heavy atom. The van der Waals surface area contributed by atoms with Gasteiger partial charge in [0, 0.05) is 69.6 Å². The lowest BCUT2D eigenvalue weighted by Crippen LogP contribution is -2.55. The summed E-state index contributed by atoms with van der Waals surface area (Å²) in [4.78, 5) is 17.3. The van der Waals surface area contributed by atoms with E-state index in [0.717, 1.165) is 76.6 Å². The summed E-state index contributed by atoms with van der Waals surface area (Å²) in [6.45, 7) is 10.8. The fourth-order valence-corrected chi connectivity index (χ4v) is 3.64. The number of piperazine rings is 1. The summed E-state index contributed by atoms with van der Waals surface area (Å²) in [6.07, 6.45) is 1.95. The van der Waals surface area contributed by atoms with E-state index in [-0.39, 0.29) is 5.91 Å². The molecule has 2 N–H and O–H groups in total. The highest BCUT2D eigenvalue weighted by atomic mass is 16.5. The average molecular weight is 335 g/mol. The molecule has 2 aliphatic rings. The summed E-state index contributed by atoms with van der Waals surface area (Å²) in [7, 11) is 0. The van der Waals surface area contributed by atoms with Crippen LogP contribution in [0.15, 0.2) is 0 Å². The van der Waals surface area contributed by atoms with Gasteiger partial charge in [0.05, 0.1) is 6.61 Å². The number of aromatic nitrogens is 2. The first-order chi connectivity index (χ1) is 11.7. The smallest absolute Gasteiger partial charge is 0.274 e. The number of carbonyl (C=O) groups excluding carboxylic acids is 1. The Morgan fingerprint density at radius 1 is 1.38 bits per heavy atom. The topological polar surface area (TPSA) is 73.5 Å². The molecule has 3 rings (SSSR count). The van der Waals surface area contributed by atoms with Gasteiger partial charge < -0.3 is 15.0 Å². The van der Waals surface area contributed by atoms with Gasteiger partial charge in [-0.05, 0) is 13.3 Å². The van der Waals surface area contributed by atoms with Crippen molar-refractivity contribution in [3.8, 4) is 0 Å². The second kappa shape index (κ2) is 8.09. The lowest BCUT2D eigenvalue weighted by Gasteiger charge is -2.41. The standard InChI is InChI=1S/C17H29N5O2/c1-3-13-12-22(8-7-21(13)9-10-24-4-2)17(23)16-14-11-18-6-5-15(14)19-20-16/h13,18H,3-12H2,1-2H3,(H,19,20). The van der Waals surface area contributed by atoms with Crippen molar-refractivity contribution >= 4 is 5.91 Å². The first-order valence-corrected chi connectivity index (χ1v) is 9.12. The number of hydrogen-bond donors (Lipinski definition) is 2. The predicted octanol–water partition coefficient (Wildman–Crippen LogP) is 0.628. The van der Waals surface area contributed by atoms with Crippen LogP contribution in [0.3, 0.4) is 0 Å². The minimum atomic E-state index is 0.0686. The maximum absolute atomic E-state index is 12.9. The Morgan fingerprint density at radius 2 is 2.25 bits per heavy atom. The van der Waals surface area contributed by atoms with Crippen LogP contribution in [0, 0.1) is 0 Å². The molecule has 0 aliphatic carbocycles. The monoisotopic (exact) mass is 335 g/mol. The second-order valence-corrected chi connectivity index (χ2v) is 6.50. The number of ether oxygens (including phenoxy) is 1. The van der Waals surface area contributed by atoms with E-state index < -0.39 is 0 Å². The van der Waals surface area contributed by atoms with Gasteiger partial charge in [0.1, 0.15) is 0 Å². The molecule has 24 heavy (non-hydrogen) atoms. The van der Waals surface area contributed by atoms with Crippen LogP contribution < -0.4 is 5.32 Å². The van der Waals surface area contributed by atoms with E-state index in [1.165, 1.54) is 0 Å². The van der Waals surface area contributed by atoms with Crippen LogP contribution in [0.4, 0.5) is 0 Å². The first kappa shape index (κ1) is 17.4. The summed E-state index contributed by atoms with van der Waals surface area (Å²) >= 11 is 0. The quantitative estimate of drug-likeness (QED) is 0.746. The van der Waals surface area contributed by atoms with Gasteiger partial charge in [-0.15, -0.1) is 0 Å². The molecule has 3 heterocycles. The van der Waals surface area contributed by atoms with E-state index in [4.69, 9.17) is 4.74 Å². The van der Waals surface area contributed by atoms with Crippen molar-refractivity contribution in [2.75, 3.05) is 45.9 Å². The van der Waals surface area contributed by atoms with E-state index in [2.05, 4.69) is 27.3 Å². The summed E-state index contributed by atoms with van der Waals surface area (Å²) < 4.78 is 5.48. The molecule has 2 aliphatic heterocycles. The van der Waals surface area contributed by atoms with Crippen LogP contribution in [0.5, 0.6) is 0 Å². The third-order valence-corrected chi connectivity index (χ3v) is 5.10. The molecule has 0 aromatic carbocycles. The highest BCUT2D eigenvalue weighted by Gasteiger charge is 2.31. The average Bonchev–Trinajstić information content (AvgIpc) is 3.05. The Kier molecular flexibility index (Phi) is 5.86. The third-order valence-electron chi connectivity index (χ3n) is 5.10. The second-order valence-electron chi connectivity index (χ2n) is 6.50. The minimum absolute atomic E-state index is 0.0686. The van der Waals surface area contributed by atoms with Crippen LogP contribution in [-0.4, -0.2) is 77.9 Å². The predicted molar refractivity (Wildman–Crippen MR) is 92.0 cm³/mol. The Hall–Kier alpha value is -1.44. The zero-order valence-corrected chi connectivity index (χ0v) is 14.8. The molecule has 0 bridgehead atoms. The van der Waals surface area contributed by atoms with Crippen molar-refractivity contribution in [1.29, 1.82) is 0 Å². The molecule has 1 aromatic heterocycles. The Balaban J connectivity index is 1.63. The van der Waals surface area contributed by atoms with E-state index in [1.54, 1.807) is 0 Å². The van der Waals surface area contributed by atoms with Crippen LogP contribution in [0.1, 0.15) is 42.0 Å². The minimum Gasteiger partial charge on any atom is -0.380 e. The molecular formula is C17H29N5O2. The van der Waals surface area contributed by atoms with Gasteiger partial charge in [0.25, 0.3) is 5.91 Å². The molecule has 1 atom stereocenters.